The number of aliphatic hydroxyl groups excluding tert-OH is 3. The van der Waals surface area contributed by atoms with Gasteiger partial charge in [0.05, 0.1) is 25.9 Å². The van der Waals surface area contributed by atoms with Gasteiger partial charge in [-0.2, -0.15) is 0 Å². The zero-order valence-corrected chi connectivity index (χ0v) is 9.15. The number of rotatable bonds is 9. The lowest BCUT2D eigenvalue weighted by atomic mass is 10.3. The highest BCUT2D eigenvalue weighted by molar-refractivity contribution is 4.91. The quantitative estimate of drug-likeness (QED) is 0.233. The lowest BCUT2D eigenvalue weighted by molar-refractivity contribution is -0.0724. The molecule has 0 amide bonds. The molecule has 0 aliphatic rings. The topological polar surface area (TPSA) is 82.0 Å². The fraction of sp³-hybridized carbons (Fsp3) is 0.800. The molecule has 15 heavy (non-hydrogen) atoms. The van der Waals surface area contributed by atoms with Gasteiger partial charge >= 0.3 is 0 Å². The first-order valence-electron chi connectivity index (χ1n) is 5.02. The molecule has 0 heterocycles. The summed E-state index contributed by atoms with van der Waals surface area (Å²) >= 11 is 0. The lowest BCUT2D eigenvalue weighted by Crippen LogP contribution is -2.36. The van der Waals surface area contributed by atoms with Crippen molar-refractivity contribution in [3.05, 3.63) is 12.2 Å². The summed E-state index contributed by atoms with van der Waals surface area (Å²) in [5, 5.41) is 29.6. The zero-order chi connectivity index (χ0) is 11.7. The minimum absolute atomic E-state index is 0.0915. The van der Waals surface area contributed by atoms with Crippen LogP contribution in [0.2, 0.25) is 0 Å². The molecule has 0 bridgehead atoms. The van der Waals surface area contributed by atoms with E-state index in [0.29, 0.717) is 25.1 Å². The van der Waals surface area contributed by atoms with Gasteiger partial charge in [0, 0.05) is 0 Å². The van der Waals surface area contributed by atoms with Crippen LogP contribution in [0, 0.1) is 0 Å². The molecule has 0 spiro atoms. The zero-order valence-electron chi connectivity index (χ0n) is 9.15. The predicted octanol–water partition coefficient (Wildman–Crippen LogP) is -0.770. The Hall–Kier alpha value is -0.460. The van der Waals surface area contributed by atoms with Gasteiger partial charge < -0.3 is 25.4 Å². The second-order valence-electron chi connectivity index (χ2n) is 3.44. The van der Waals surface area contributed by atoms with Gasteiger partial charge in [0.1, 0.15) is 0 Å². The Morgan fingerprint density at radius 2 is 2.00 bits per heavy atom. The van der Waals surface area contributed by atoms with E-state index in [9.17, 15) is 5.11 Å². The van der Waals surface area contributed by atoms with Crippen molar-refractivity contribution in [2.24, 2.45) is 0 Å². The molecule has 0 rings (SSSR count). The number of ether oxygens (including phenoxy) is 1. The molecule has 0 aliphatic carbocycles. The van der Waals surface area contributed by atoms with E-state index in [-0.39, 0.29) is 19.3 Å². The number of hydrogen-bond acceptors (Lipinski definition) is 5. The molecule has 1 unspecified atom stereocenters. The summed E-state index contributed by atoms with van der Waals surface area (Å²) in [4.78, 5) is 0. The van der Waals surface area contributed by atoms with Gasteiger partial charge in [-0.25, -0.2) is 0 Å². The van der Waals surface area contributed by atoms with Crippen molar-refractivity contribution >= 4 is 0 Å². The average Bonchev–Trinajstić information content (AvgIpc) is 2.23. The van der Waals surface area contributed by atoms with Crippen molar-refractivity contribution < 1.29 is 20.1 Å². The third kappa shape index (κ3) is 7.47. The Bertz CT molecular complexity index is 171. The Labute approximate surface area is 90.4 Å². The minimum Gasteiger partial charge on any atom is -0.395 e. The summed E-state index contributed by atoms with van der Waals surface area (Å²) in [6, 6.07) is -0.281. The van der Waals surface area contributed by atoms with Gasteiger partial charge in [0.2, 0.25) is 0 Å². The van der Waals surface area contributed by atoms with E-state index >= 15 is 0 Å². The molecule has 0 radical (unpaired) electrons. The van der Waals surface area contributed by atoms with Crippen molar-refractivity contribution in [1.29, 1.82) is 0 Å². The molecule has 0 aromatic heterocycles. The first-order chi connectivity index (χ1) is 7.11. The van der Waals surface area contributed by atoms with Crippen LogP contribution in [0.15, 0.2) is 12.2 Å². The smallest absolute Gasteiger partial charge is 0.176 e. The van der Waals surface area contributed by atoms with Crippen LogP contribution in [0.1, 0.15) is 13.3 Å². The highest BCUT2D eigenvalue weighted by atomic mass is 16.6. The van der Waals surface area contributed by atoms with Gasteiger partial charge in [-0.05, 0) is 25.5 Å². The summed E-state index contributed by atoms with van der Waals surface area (Å²) in [6.07, 6.45) is -0.211. The summed E-state index contributed by atoms with van der Waals surface area (Å²) in [7, 11) is 0. The fourth-order valence-electron chi connectivity index (χ4n) is 0.902. The molecule has 0 saturated carbocycles. The normalized spacial score (nSPS) is 13.1. The fourth-order valence-corrected chi connectivity index (χ4v) is 0.902. The molecular weight excluding hydrogens is 198 g/mol. The van der Waals surface area contributed by atoms with Crippen molar-refractivity contribution in [2.75, 3.05) is 26.4 Å². The van der Waals surface area contributed by atoms with Gasteiger partial charge in [0.15, 0.2) is 6.29 Å². The lowest BCUT2D eigenvalue weighted by Gasteiger charge is -2.14. The van der Waals surface area contributed by atoms with Gasteiger partial charge in [0.25, 0.3) is 0 Å². The number of aliphatic hydroxyl groups is 3. The second-order valence-corrected chi connectivity index (χ2v) is 3.44. The van der Waals surface area contributed by atoms with Crippen LogP contribution in [0.3, 0.4) is 0 Å². The van der Waals surface area contributed by atoms with Crippen molar-refractivity contribution in [3.8, 4) is 0 Å². The van der Waals surface area contributed by atoms with E-state index in [2.05, 4.69) is 11.9 Å². The van der Waals surface area contributed by atoms with E-state index in [1.54, 1.807) is 6.92 Å². The van der Waals surface area contributed by atoms with Crippen molar-refractivity contribution in [1.82, 2.24) is 5.32 Å². The van der Waals surface area contributed by atoms with Gasteiger partial charge in [-0.15, -0.1) is 0 Å². The SMILES string of the molecule is C=C(C)C(O)OCCCNC(CO)CO. The first-order valence-corrected chi connectivity index (χ1v) is 5.02. The Morgan fingerprint density at radius 3 is 2.47 bits per heavy atom. The molecule has 90 valence electrons. The molecule has 4 N–H and O–H groups in total. The summed E-state index contributed by atoms with van der Waals surface area (Å²) < 4.78 is 5.04. The van der Waals surface area contributed by atoms with Crippen LogP contribution < -0.4 is 5.32 Å². The molecule has 1 atom stereocenters. The van der Waals surface area contributed by atoms with Crippen LogP contribution in [0.25, 0.3) is 0 Å². The molecule has 0 fully saturated rings. The maximum Gasteiger partial charge on any atom is 0.176 e. The second kappa shape index (κ2) is 8.82. The first kappa shape index (κ1) is 14.5. The monoisotopic (exact) mass is 219 g/mol. The van der Waals surface area contributed by atoms with E-state index < -0.39 is 6.29 Å². The highest BCUT2D eigenvalue weighted by Crippen LogP contribution is 1.99. The summed E-state index contributed by atoms with van der Waals surface area (Å²) in [5.74, 6) is 0. The van der Waals surface area contributed by atoms with Crippen LogP contribution in [-0.4, -0.2) is 54.0 Å². The standard InChI is InChI=1S/C10H21NO4/c1-8(2)10(14)15-5-3-4-11-9(6-12)7-13/h9-14H,1,3-7H2,2H3. The van der Waals surface area contributed by atoms with Gasteiger partial charge in [-0.1, -0.05) is 6.58 Å². The Kier molecular flexibility index (Phi) is 8.55. The van der Waals surface area contributed by atoms with E-state index in [0.717, 1.165) is 0 Å². The largest absolute Gasteiger partial charge is 0.395 e. The molecule has 0 aliphatic heterocycles. The number of hydrogen-bond donors (Lipinski definition) is 4. The molecular formula is C10H21NO4. The maximum atomic E-state index is 9.21. The molecule has 5 nitrogen and oxygen atoms in total. The van der Waals surface area contributed by atoms with Crippen LogP contribution in [0.5, 0.6) is 0 Å². The minimum atomic E-state index is -0.906. The number of nitrogens with one attached hydrogen (secondary N) is 1. The molecule has 0 aromatic carbocycles. The van der Waals surface area contributed by atoms with E-state index in [4.69, 9.17) is 14.9 Å². The van der Waals surface area contributed by atoms with E-state index in [1.165, 1.54) is 0 Å². The summed E-state index contributed by atoms with van der Waals surface area (Å²) in [5.41, 5.74) is 0.576. The average molecular weight is 219 g/mol. The maximum absolute atomic E-state index is 9.21. The van der Waals surface area contributed by atoms with Gasteiger partial charge in [-0.3, -0.25) is 0 Å². The van der Waals surface area contributed by atoms with E-state index in [1.807, 2.05) is 0 Å². The van der Waals surface area contributed by atoms with Crippen LogP contribution in [0.4, 0.5) is 0 Å². The van der Waals surface area contributed by atoms with Crippen LogP contribution >= 0.6 is 0 Å². The predicted molar refractivity (Wildman–Crippen MR) is 57.4 cm³/mol. The highest BCUT2D eigenvalue weighted by Gasteiger charge is 2.05. The third-order valence-corrected chi connectivity index (χ3v) is 1.89. The third-order valence-electron chi connectivity index (χ3n) is 1.89. The Balaban J connectivity index is 3.35. The van der Waals surface area contributed by atoms with Crippen molar-refractivity contribution in [2.45, 2.75) is 25.7 Å². The van der Waals surface area contributed by atoms with Crippen molar-refractivity contribution in [3.63, 3.8) is 0 Å². The molecule has 5 heteroatoms. The van der Waals surface area contributed by atoms with Crippen LogP contribution in [-0.2, 0) is 4.74 Å². The molecule has 0 aromatic rings. The summed E-state index contributed by atoms with van der Waals surface area (Å²) in [6.45, 7) is 6.09. The molecule has 0 saturated heterocycles. The Morgan fingerprint density at radius 1 is 1.40 bits per heavy atom.